The van der Waals surface area contributed by atoms with Crippen molar-refractivity contribution in [3.05, 3.63) is 52.9 Å². The van der Waals surface area contributed by atoms with Crippen LogP contribution >= 0.6 is 0 Å². The Bertz CT molecular complexity index is 554. The van der Waals surface area contributed by atoms with E-state index in [0.29, 0.717) is 11.3 Å². The summed E-state index contributed by atoms with van der Waals surface area (Å²) in [7, 11) is 1.34. The van der Waals surface area contributed by atoms with E-state index in [2.05, 4.69) is 29.1 Å². The van der Waals surface area contributed by atoms with Gasteiger partial charge in [-0.1, -0.05) is 42.5 Å². The summed E-state index contributed by atoms with van der Waals surface area (Å²) >= 11 is 0. The third-order valence-corrected chi connectivity index (χ3v) is 2.90. The summed E-state index contributed by atoms with van der Waals surface area (Å²) in [5.74, 6) is 0. The van der Waals surface area contributed by atoms with Gasteiger partial charge in [-0.15, -0.1) is 0 Å². The average Bonchev–Trinajstić information content (AvgIpc) is 2.38. The van der Waals surface area contributed by atoms with Crippen LogP contribution < -0.4 is 5.73 Å². The molecule has 0 aliphatic rings. The van der Waals surface area contributed by atoms with Crippen molar-refractivity contribution >= 4 is 10.8 Å². The Labute approximate surface area is 106 Å². The van der Waals surface area contributed by atoms with E-state index in [4.69, 9.17) is 5.73 Å². The lowest BCUT2D eigenvalue weighted by atomic mass is 10.0. The smallest absolute Gasteiger partial charge is 0.263 e. The third-order valence-electron chi connectivity index (χ3n) is 2.90. The van der Waals surface area contributed by atoms with Crippen molar-refractivity contribution in [2.24, 2.45) is 5.73 Å². The van der Waals surface area contributed by atoms with Crippen molar-refractivity contribution in [2.45, 2.75) is 12.5 Å². The molecule has 94 valence electrons. The number of fused-ring (bicyclic) bond motifs is 1. The van der Waals surface area contributed by atoms with Gasteiger partial charge in [-0.3, -0.25) is 0 Å². The zero-order chi connectivity index (χ0) is 13.0. The lowest BCUT2D eigenvalue weighted by Crippen LogP contribution is -2.32. The van der Waals surface area contributed by atoms with Gasteiger partial charge in [0.05, 0.1) is 10.9 Å². The number of nitrogens with zero attached hydrogens (tertiary/aromatic N) is 1. The molecule has 0 saturated heterocycles. The summed E-state index contributed by atoms with van der Waals surface area (Å²) in [6.07, 6.45) is 0.660. The van der Waals surface area contributed by atoms with Gasteiger partial charge >= 0.3 is 0 Å². The minimum Gasteiger partial charge on any atom is -0.322 e. The number of hydrogen-bond acceptors (Lipinski definition) is 3. The molecule has 2 rings (SSSR count). The molecule has 0 amide bonds. The standard InChI is InChI=1S/C14H17N2O2/c1-18-16(17)10-14(15)9-11-6-7-12-4-2-3-5-13(12)8-11/h2-8,14H,9-10,15H2,1H3/q+1. The molecule has 2 N–H and O–H groups in total. The summed E-state index contributed by atoms with van der Waals surface area (Å²) < 4.78 is 0. The zero-order valence-electron chi connectivity index (χ0n) is 10.4. The van der Waals surface area contributed by atoms with E-state index < -0.39 is 0 Å². The van der Waals surface area contributed by atoms with E-state index >= 15 is 0 Å². The summed E-state index contributed by atoms with van der Waals surface area (Å²) in [5.41, 5.74) is 7.03. The Balaban J connectivity index is 2.09. The van der Waals surface area contributed by atoms with Crippen molar-refractivity contribution in [2.75, 3.05) is 13.7 Å². The first-order valence-electron chi connectivity index (χ1n) is 5.91. The van der Waals surface area contributed by atoms with Crippen LogP contribution in [-0.4, -0.2) is 24.6 Å². The minimum absolute atomic E-state index is 0.170. The molecule has 0 aromatic heterocycles. The monoisotopic (exact) mass is 245 g/mol. The molecule has 18 heavy (non-hydrogen) atoms. The van der Waals surface area contributed by atoms with Gasteiger partial charge in [0.15, 0.2) is 7.11 Å². The Morgan fingerprint density at radius 2 is 1.94 bits per heavy atom. The number of benzene rings is 2. The Morgan fingerprint density at radius 1 is 1.22 bits per heavy atom. The van der Waals surface area contributed by atoms with Crippen LogP contribution in [0.25, 0.3) is 10.8 Å². The van der Waals surface area contributed by atoms with Crippen LogP contribution in [0.5, 0.6) is 0 Å². The second-order valence-electron chi connectivity index (χ2n) is 4.34. The number of nitrogens with two attached hydrogens (primary N) is 1. The molecule has 4 nitrogen and oxygen atoms in total. The molecule has 0 fully saturated rings. The molecule has 1 atom stereocenters. The summed E-state index contributed by atoms with van der Waals surface area (Å²) in [6, 6.07) is 14.2. The van der Waals surface area contributed by atoms with E-state index in [9.17, 15) is 4.91 Å². The predicted molar refractivity (Wildman–Crippen MR) is 71.1 cm³/mol. The molecule has 0 heterocycles. The number of rotatable bonds is 5. The maximum atomic E-state index is 11.0. The van der Waals surface area contributed by atoms with E-state index in [-0.39, 0.29) is 12.6 Å². The lowest BCUT2D eigenvalue weighted by molar-refractivity contribution is -0.796. The molecular formula is C14H17N2O2+. The van der Waals surface area contributed by atoms with Gasteiger partial charge in [-0.25, -0.2) is 4.84 Å². The fraction of sp³-hybridized carbons (Fsp3) is 0.286. The van der Waals surface area contributed by atoms with Gasteiger partial charge in [0.2, 0.25) is 4.92 Å². The Morgan fingerprint density at radius 3 is 2.67 bits per heavy atom. The molecule has 1 unspecified atom stereocenters. The second kappa shape index (κ2) is 5.60. The molecule has 0 bridgehead atoms. The van der Waals surface area contributed by atoms with Crippen LogP contribution in [0.1, 0.15) is 5.56 Å². The minimum atomic E-state index is -0.233. The maximum absolute atomic E-state index is 11.0. The molecule has 0 spiro atoms. The first-order chi connectivity index (χ1) is 8.69. The maximum Gasteiger partial charge on any atom is 0.263 e. The quantitative estimate of drug-likeness (QED) is 0.820. The molecule has 2 aromatic carbocycles. The van der Waals surface area contributed by atoms with Gasteiger partial charge in [0, 0.05) is 0 Å². The third kappa shape index (κ3) is 3.05. The SMILES string of the molecule is CO[N+](=O)CC(N)Cc1ccc2ccccc2c1. The molecule has 0 aliphatic heterocycles. The fourth-order valence-corrected chi connectivity index (χ4v) is 2.00. The van der Waals surface area contributed by atoms with Crippen LogP contribution in [0.4, 0.5) is 0 Å². The molecule has 0 saturated carbocycles. The largest absolute Gasteiger partial charge is 0.322 e. The van der Waals surface area contributed by atoms with E-state index in [1.54, 1.807) is 0 Å². The summed E-state index contributed by atoms with van der Waals surface area (Å²) in [5, 5.41) is 2.39. The highest BCUT2D eigenvalue weighted by molar-refractivity contribution is 5.82. The Hall–Kier alpha value is -1.94. The lowest BCUT2D eigenvalue weighted by Gasteiger charge is -2.07. The normalized spacial score (nSPS) is 12.3. The van der Waals surface area contributed by atoms with Crippen molar-refractivity contribution in [3.8, 4) is 0 Å². The van der Waals surface area contributed by atoms with Crippen molar-refractivity contribution < 1.29 is 9.76 Å². The van der Waals surface area contributed by atoms with Crippen molar-refractivity contribution in [1.29, 1.82) is 0 Å². The molecule has 4 heteroatoms. The first-order valence-corrected chi connectivity index (χ1v) is 5.91. The first kappa shape index (κ1) is 12.5. The van der Waals surface area contributed by atoms with E-state index in [1.807, 2.05) is 18.2 Å². The van der Waals surface area contributed by atoms with Gasteiger partial charge in [0.1, 0.15) is 0 Å². The molecular weight excluding hydrogens is 228 g/mol. The van der Waals surface area contributed by atoms with Crippen LogP contribution in [0.2, 0.25) is 0 Å². The summed E-state index contributed by atoms with van der Waals surface area (Å²) in [4.78, 5) is 16.1. The van der Waals surface area contributed by atoms with Crippen LogP contribution in [0, 0.1) is 4.91 Å². The van der Waals surface area contributed by atoms with Crippen molar-refractivity contribution in [1.82, 2.24) is 0 Å². The molecule has 0 radical (unpaired) electrons. The van der Waals surface area contributed by atoms with Gasteiger partial charge in [-0.05, 0) is 22.8 Å². The van der Waals surface area contributed by atoms with Gasteiger partial charge < -0.3 is 5.73 Å². The Kier molecular flexibility index (Phi) is 3.89. The predicted octanol–water partition coefficient (Wildman–Crippen LogP) is 2.05. The van der Waals surface area contributed by atoms with Crippen molar-refractivity contribution in [3.63, 3.8) is 0 Å². The zero-order valence-corrected chi connectivity index (χ0v) is 10.4. The second-order valence-corrected chi connectivity index (χ2v) is 4.34. The molecule has 0 aliphatic carbocycles. The highest BCUT2D eigenvalue weighted by atomic mass is 16.8. The van der Waals surface area contributed by atoms with E-state index in [1.165, 1.54) is 17.9 Å². The summed E-state index contributed by atoms with van der Waals surface area (Å²) in [6.45, 7) is 0.170. The van der Waals surface area contributed by atoms with Gasteiger partial charge in [0.25, 0.3) is 6.54 Å². The average molecular weight is 245 g/mol. The van der Waals surface area contributed by atoms with Crippen LogP contribution in [0.15, 0.2) is 42.5 Å². The number of hydrogen-bond donors (Lipinski definition) is 1. The van der Waals surface area contributed by atoms with Gasteiger partial charge in [-0.2, -0.15) is 0 Å². The van der Waals surface area contributed by atoms with Crippen LogP contribution in [0.3, 0.4) is 0 Å². The van der Waals surface area contributed by atoms with E-state index in [0.717, 1.165) is 5.56 Å². The fourth-order valence-electron chi connectivity index (χ4n) is 2.00. The highest BCUT2D eigenvalue weighted by Crippen LogP contribution is 2.16. The highest BCUT2D eigenvalue weighted by Gasteiger charge is 2.16. The molecule has 2 aromatic rings. The van der Waals surface area contributed by atoms with Crippen LogP contribution in [-0.2, 0) is 11.3 Å². The topological polar surface area (TPSA) is 55.3 Å².